The van der Waals surface area contributed by atoms with Crippen LogP contribution in [0.5, 0.6) is 0 Å². The van der Waals surface area contributed by atoms with Crippen LogP contribution in [0.25, 0.3) is 11.6 Å². The lowest BCUT2D eigenvalue weighted by molar-refractivity contribution is -0.118. The van der Waals surface area contributed by atoms with Crippen molar-refractivity contribution in [3.05, 3.63) is 52.1 Å². The van der Waals surface area contributed by atoms with Crippen LogP contribution in [0.1, 0.15) is 65.5 Å². The van der Waals surface area contributed by atoms with E-state index < -0.39 is 5.82 Å². The van der Waals surface area contributed by atoms with E-state index in [1.807, 2.05) is 0 Å². The normalized spacial score (nSPS) is 18.9. The van der Waals surface area contributed by atoms with Crippen molar-refractivity contribution in [3.63, 3.8) is 0 Å². The predicted molar refractivity (Wildman–Crippen MR) is 130 cm³/mol. The highest BCUT2D eigenvalue weighted by Crippen LogP contribution is 2.34. The monoisotopic (exact) mass is 466 g/mol. The lowest BCUT2D eigenvalue weighted by Gasteiger charge is -2.22. The topological polar surface area (TPSA) is 94.3 Å². The molecule has 0 radical (unpaired) electrons. The molecule has 180 valence electrons. The molecule has 4 rings (SSSR count). The second kappa shape index (κ2) is 9.93. The fourth-order valence-corrected chi connectivity index (χ4v) is 5.03. The molecule has 0 bridgehead atoms. The Labute approximate surface area is 198 Å². The molecule has 2 aliphatic heterocycles. The quantitative estimate of drug-likeness (QED) is 0.516. The van der Waals surface area contributed by atoms with Gasteiger partial charge in [-0.25, -0.2) is 4.39 Å². The van der Waals surface area contributed by atoms with Crippen LogP contribution in [-0.4, -0.2) is 53.2 Å². The maximum atomic E-state index is 13.7. The number of ketones is 1. The van der Waals surface area contributed by atoms with Crippen molar-refractivity contribution in [2.45, 2.75) is 52.5 Å². The van der Waals surface area contributed by atoms with Crippen molar-refractivity contribution in [2.24, 2.45) is 0 Å². The second-order valence-corrected chi connectivity index (χ2v) is 9.05. The summed E-state index contributed by atoms with van der Waals surface area (Å²) in [4.78, 5) is 43.2. The Morgan fingerprint density at radius 3 is 2.85 bits per heavy atom. The summed E-state index contributed by atoms with van der Waals surface area (Å²) < 4.78 is 13.7. The number of aromatic amines is 1. The molecule has 1 aromatic heterocycles. The molecule has 1 aromatic carbocycles. The highest BCUT2D eigenvalue weighted by Gasteiger charge is 2.27. The van der Waals surface area contributed by atoms with Crippen LogP contribution in [0.3, 0.4) is 0 Å². The molecule has 3 N–H and O–H groups in total. The first-order valence-corrected chi connectivity index (χ1v) is 11.8. The third kappa shape index (κ3) is 4.82. The van der Waals surface area contributed by atoms with E-state index in [4.69, 9.17) is 0 Å². The summed E-state index contributed by atoms with van der Waals surface area (Å²) in [5, 5.41) is 5.47. The van der Waals surface area contributed by atoms with Crippen LogP contribution in [-0.2, 0) is 9.59 Å². The summed E-state index contributed by atoms with van der Waals surface area (Å²) in [6.45, 7) is 7.79. The predicted octanol–water partition coefficient (Wildman–Crippen LogP) is 3.83. The van der Waals surface area contributed by atoms with Gasteiger partial charge in [-0.2, -0.15) is 0 Å². The molecule has 8 heteroatoms. The number of Topliss-reactive ketones (excluding diaryl/α,β-unsaturated/α-hetero) is 1. The number of nitrogens with zero attached hydrogens (tertiary/aromatic N) is 1. The number of aromatic nitrogens is 1. The van der Waals surface area contributed by atoms with Crippen LogP contribution < -0.4 is 10.6 Å². The van der Waals surface area contributed by atoms with Crippen LogP contribution in [0.4, 0.5) is 10.1 Å². The van der Waals surface area contributed by atoms with E-state index in [-0.39, 0.29) is 24.1 Å². The summed E-state index contributed by atoms with van der Waals surface area (Å²) in [5.74, 6) is -1.07. The first-order valence-electron chi connectivity index (χ1n) is 11.8. The minimum absolute atomic E-state index is 0.00673. The fourth-order valence-electron chi connectivity index (χ4n) is 5.03. The zero-order valence-corrected chi connectivity index (χ0v) is 19.9. The lowest BCUT2D eigenvalue weighted by Crippen LogP contribution is -2.32. The first kappa shape index (κ1) is 23.9. The number of halogens is 1. The average molecular weight is 467 g/mol. The molecule has 1 saturated heterocycles. The molecule has 2 aliphatic rings. The molecule has 34 heavy (non-hydrogen) atoms. The number of H-pyrrole nitrogens is 1. The van der Waals surface area contributed by atoms with Gasteiger partial charge in [-0.3, -0.25) is 14.4 Å². The second-order valence-electron chi connectivity index (χ2n) is 9.05. The molecule has 0 saturated carbocycles. The first-order chi connectivity index (χ1) is 16.3. The van der Waals surface area contributed by atoms with Gasteiger partial charge in [-0.15, -0.1) is 0 Å². The van der Waals surface area contributed by atoms with Crippen molar-refractivity contribution >= 4 is 34.9 Å². The minimum Gasteiger partial charge on any atom is -0.358 e. The van der Waals surface area contributed by atoms with E-state index in [1.165, 1.54) is 24.6 Å². The summed E-state index contributed by atoms with van der Waals surface area (Å²) in [6.07, 6.45) is 5.21. The van der Waals surface area contributed by atoms with E-state index in [2.05, 4.69) is 27.4 Å². The smallest absolute Gasteiger partial charge is 0.256 e. The minimum atomic E-state index is -0.430. The molecule has 2 aromatic rings. The molecule has 0 aliphatic carbocycles. The number of aryl methyl sites for hydroxylation is 1. The van der Waals surface area contributed by atoms with Gasteiger partial charge < -0.3 is 20.5 Å². The van der Waals surface area contributed by atoms with Crippen LogP contribution >= 0.6 is 0 Å². The van der Waals surface area contributed by atoms with E-state index >= 15 is 0 Å². The number of rotatable bonds is 8. The number of likely N-dealkylation sites (tertiary alicyclic amines) is 1. The fraction of sp³-hybridized carbons (Fsp3) is 0.423. The van der Waals surface area contributed by atoms with Gasteiger partial charge >= 0.3 is 0 Å². The maximum Gasteiger partial charge on any atom is 0.256 e. The summed E-state index contributed by atoms with van der Waals surface area (Å²) >= 11 is 0. The van der Waals surface area contributed by atoms with Crippen LogP contribution in [0, 0.1) is 19.7 Å². The standard InChI is InChI=1S/C26H31FN4O3/c1-4-31-11-5-6-18(31)8-9-19(32)14-28-26(34)24-15(2)23(29-16(24)3)13-21-20-12-17(27)7-10-22(20)30-25(21)33/h7,10,12-13,18,29H,4-6,8-9,11,14H2,1-3H3,(H,28,34)(H,30,33)/b21-13-. The Kier molecular flexibility index (Phi) is 6.97. The Bertz CT molecular complexity index is 1170. The number of fused-ring (bicyclic) bond motifs is 1. The van der Waals surface area contributed by atoms with E-state index in [9.17, 15) is 18.8 Å². The Morgan fingerprint density at radius 1 is 1.29 bits per heavy atom. The summed E-state index contributed by atoms with van der Waals surface area (Å²) in [7, 11) is 0. The molecule has 2 amide bonds. The third-order valence-electron chi connectivity index (χ3n) is 6.86. The maximum absolute atomic E-state index is 13.7. The number of carbonyl (C=O) groups is 3. The molecule has 1 atom stereocenters. The van der Waals surface area contributed by atoms with Crippen molar-refractivity contribution in [1.82, 2.24) is 15.2 Å². The van der Waals surface area contributed by atoms with Crippen molar-refractivity contribution in [3.8, 4) is 0 Å². The summed E-state index contributed by atoms with van der Waals surface area (Å²) in [6, 6.07) is 4.59. The van der Waals surface area contributed by atoms with E-state index in [0.717, 1.165) is 25.9 Å². The number of anilines is 1. The van der Waals surface area contributed by atoms with Gasteiger partial charge in [0.1, 0.15) is 5.82 Å². The molecule has 7 nitrogen and oxygen atoms in total. The van der Waals surface area contributed by atoms with Gasteiger partial charge in [-0.1, -0.05) is 6.92 Å². The van der Waals surface area contributed by atoms with Gasteiger partial charge in [0.2, 0.25) is 0 Å². The van der Waals surface area contributed by atoms with Gasteiger partial charge in [0, 0.05) is 35.1 Å². The molecular weight excluding hydrogens is 435 g/mol. The number of amides is 2. The zero-order valence-electron chi connectivity index (χ0n) is 19.9. The SMILES string of the molecule is CCN1CCCC1CCC(=O)CNC(=O)c1c(C)[nH]c(/C=C2\C(=O)Nc3ccc(F)cc32)c1C. The van der Waals surface area contributed by atoms with Crippen molar-refractivity contribution < 1.29 is 18.8 Å². The number of hydrogen-bond acceptors (Lipinski definition) is 4. The van der Waals surface area contributed by atoms with E-state index in [0.29, 0.717) is 51.8 Å². The highest BCUT2D eigenvalue weighted by molar-refractivity contribution is 6.34. The number of hydrogen-bond donors (Lipinski definition) is 3. The Morgan fingerprint density at radius 2 is 2.09 bits per heavy atom. The molecule has 0 spiro atoms. The van der Waals surface area contributed by atoms with Crippen LogP contribution in [0.15, 0.2) is 18.2 Å². The van der Waals surface area contributed by atoms with E-state index in [1.54, 1.807) is 19.9 Å². The number of nitrogens with one attached hydrogen (secondary N) is 3. The Balaban J connectivity index is 1.42. The van der Waals surface area contributed by atoms with Gasteiger partial charge in [0.15, 0.2) is 5.78 Å². The average Bonchev–Trinajstić information content (AvgIpc) is 3.47. The highest BCUT2D eigenvalue weighted by atomic mass is 19.1. The molecule has 1 unspecified atom stereocenters. The largest absolute Gasteiger partial charge is 0.358 e. The van der Waals surface area contributed by atoms with Gasteiger partial charge in [0.25, 0.3) is 11.8 Å². The number of benzene rings is 1. The molecule has 1 fully saturated rings. The van der Waals surface area contributed by atoms with Crippen LogP contribution in [0.2, 0.25) is 0 Å². The molecular formula is C26H31FN4O3. The van der Waals surface area contributed by atoms with Crippen molar-refractivity contribution in [1.29, 1.82) is 0 Å². The summed E-state index contributed by atoms with van der Waals surface area (Å²) in [5.41, 5.74) is 3.71. The Hall–Kier alpha value is -3.26. The van der Waals surface area contributed by atoms with Crippen molar-refractivity contribution in [2.75, 3.05) is 25.0 Å². The third-order valence-corrected chi connectivity index (χ3v) is 6.86. The number of carbonyl (C=O) groups excluding carboxylic acids is 3. The molecule has 3 heterocycles. The zero-order chi connectivity index (χ0) is 24.4. The van der Waals surface area contributed by atoms with Gasteiger partial charge in [-0.05, 0) is 76.0 Å². The van der Waals surface area contributed by atoms with Gasteiger partial charge in [0.05, 0.1) is 17.7 Å². The lowest BCUT2D eigenvalue weighted by atomic mass is 10.0.